The van der Waals surface area contributed by atoms with Crippen molar-refractivity contribution in [2.75, 3.05) is 32.8 Å². The quantitative estimate of drug-likeness (QED) is 0.696. The molecule has 1 fully saturated rings. The molecule has 1 aliphatic heterocycles. The molecule has 0 aliphatic carbocycles. The van der Waals surface area contributed by atoms with Gasteiger partial charge in [-0.05, 0) is 37.3 Å². The third-order valence-corrected chi connectivity index (χ3v) is 6.90. The number of phenols is 1. The topological polar surface area (TPSA) is 104 Å². The van der Waals surface area contributed by atoms with Crippen LogP contribution < -0.4 is 0 Å². The number of sulfonamides is 1. The Morgan fingerprint density at radius 1 is 1.07 bits per heavy atom. The molecular formula is C20H21ClN2O6S. The number of carbonyl (C=O) groups is 2. The summed E-state index contributed by atoms with van der Waals surface area (Å²) in [6.07, 6.45) is 0. The number of phenolic OH excluding ortho intramolecular Hbond substituents is 1. The molecule has 1 saturated heterocycles. The lowest BCUT2D eigenvalue weighted by molar-refractivity contribution is -0.135. The number of halogens is 1. The second-order valence-corrected chi connectivity index (χ2v) is 9.21. The Kier molecular flexibility index (Phi) is 6.64. The van der Waals surface area contributed by atoms with Gasteiger partial charge in [-0.1, -0.05) is 29.3 Å². The van der Waals surface area contributed by atoms with Crippen molar-refractivity contribution in [1.82, 2.24) is 9.21 Å². The van der Waals surface area contributed by atoms with Gasteiger partial charge >= 0.3 is 5.97 Å². The molecule has 8 nitrogen and oxygen atoms in total. The molecule has 0 aromatic heterocycles. The second-order valence-electron chi connectivity index (χ2n) is 6.84. The molecule has 3 rings (SSSR count). The highest BCUT2D eigenvalue weighted by atomic mass is 35.5. The van der Waals surface area contributed by atoms with Gasteiger partial charge in [0.05, 0.1) is 4.90 Å². The predicted molar refractivity (Wildman–Crippen MR) is 110 cm³/mol. The number of carbonyl (C=O) groups excluding carboxylic acids is 2. The van der Waals surface area contributed by atoms with Gasteiger partial charge in [0.15, 0.2) is 6.61 Å². The molecular weight excluding hydrogens is 432 g/mol. The average molecular weight is 453 g/mol. The summed E-state index contributed by atoms with van der Waals surface area (Å²) in [7, 11) is -3.63. The van der Waals surface area contributed by atoms with Gasteiger partial charge in [-0.15, -0.1) is 0 Å². The van der Waals surface area contributed by atoms with E-state index in [0.29, 0.717) is 0 Å². The minimum Gasteiger partial charge on any atom is -0.507 e. The number of amides is 1. The van der Waals surface area contributed by atoms with Crippen LogP contribution in [0.1, 0.15) is 15.9 Å². The van der Waals surface area contributed by atoms with Crippen LogP contribution in [-0.2, 0) is 19.6 Å². The fraction of sp³-hybridized carbons (Fsp3) is 0.300. The fourth-order valence-electron chi connectivity index (χ4n) is 3.01. The lowest BCUT2D eigenvalue weighted by Crippen LogP contribution is -2.51. The Morgan fingerprint density at radius 3 is 2.33 bits per heavy atom. The lowest BCUT2D eigenvalue weighted by Gasteiger charge is -2.33. The molecule has 2 aromatic carbocycles. The summed E-state index contributed by atoms with van der Waals surface area (Å²) >= 11 is 5.80. The smallest absolute Gasteiger partial charge is 0.342 e. The summed E-state index contributed by atoms with van der Waals surface area (Å²) in [6.45, 7) is 2.01. The van der Waals surface area contributed by atoms with Crippen LogP contribution in [0.3, 0.4) is 0 Å². The molecule has 1 aliphatic rings. The molecule has 1 heterocycles. The minimum atomic E-state index is -3.63. The molecule has 30 heavy (non-hydrogen) atoms. The Morgan fingerprint density at radius 2 is 1.70 bits per heavy atom. The van der Waals surface area contributed by atoms with Gasteiger partial charge in [0.2, 0.25) is 10.0 Å². The van der Waals surface area contributed by atoms with Crippen LogP contribution in [0.5, 0.6) is 5.75 Å². The van der Waals surface area contributed by atoms with E-state index >= 15 is 0 Å². The Balaban J connectivity index is 1.54. The summed E-state index contributed by atoms with van der Waals surface area (Å²) in [4.78, 5) is 26.1. The minimum absolute atomic E-state index is 0.135. The third kappa shape index (κ3) is 4.92. The molecule has 0 spiro atoms. The van der Waals surface area contributed by atoms with Gasteiger partial charge < -0.3 is 14.7 Å². The number of hydrogen-bond acceptors (Lipinski definition) is 6. The van der Waals surface area contributed by atoms with E-state index in [4.69, 9.17) is 16.3 Å². The SMILES string of the molecule is Cc1ccc(S(=O)(=O)N2CCN(C(=O)COC(=O)c3cc(Cl)ccc3O)CC2)cc1. The maximum Gasteiger partial charge on any atom is 0.342 e. The molecule has 0 radical (unpaired) electrons. The number of benzene rings is 2. The zero-order chi connectivity index (χ0) is 21.9. The zero-order valence-corrected chi connectivity index (χ0v) is 17.8. The summed E-state index contributed by atoms with van der Waals surface area (Å²) in [5.41, 5.74) is 0.828. The molecule has 1 amide bonds. The number of hydrogen-bond donors (Lipinski definition) is 1. The van der Waals surface area contributed by atoms with Gasteiger partial charge in [-0.25, -0.2) is 13.2 Å². The Labute approximate surface area is 179 Å². The molecule has 160 valence electrons. The second kappa shape index (κ2) is 9.03. The van der Waals surface area contributed by atoms with Crippen LogP contribution in [0.2, 0.25) is 5.02 Å². The van der Waals surface area contributed by atoms with Crippen molar-refractivity contribution in [3.63, 3.8) is 0 Å². The van der Waals surface area contributed by atoms with Crippen molar-refractivity contribution in [2.24, 2.45) is 0 Å². The van der Waals surface area contributed by atoms with Crippen LogP contribution in [0.25, 0.3) is 0 Å². The maximum atomic E-state index is 12.7. The van der Waals surface area contributed by atoms with Crippen molar-refractivity contribution >= 4 is 33.5 Å². The third-order valence-electron chi connectivity index (χ3n) is 4.76. The largest absolute Gasteiger partial charge is 0.507 e. The molecule has 0 saturated carbocycles. The highest BCUT2D eigenvalue weighted by Gasteiger charge is 2.30. The van der Waals surface area contributed by atoms with Gasteiger partial charge in [0.25, 0.3) is 5.91 Å². The number of ether oxygens (including phenoxy) is 1. The van der Waals surface area contributed by atoms with Gasteiger partial charge in [0, 0.05) is 31.2 Å². The number of nitrogens with zero attached hydrogens (tertiary/aromatic N) is 2. The first-order valence-electron chi connectivity index (χ1n) is 9.19. The monoisotopic (exact) mass is 452 g/mol. The summed E-state index contributed by atoms with van der Waals surface area (Å²) in [5.74, 6) is -1.62. The van der Waals surface area contributed by atoms with Crippen LogP contribution in [0.4, 0.5) is 0 Å². The summed E-state index contributed by atoms with van der Waals surface area (Å²) < 4.78 is 31.8. The number of aromatic hydroxyl groups is 1. The molecule has 0 unspecified atom stereocenters. The molecule has 0 atom stereocenters. The zero-order valence-electron chi connectivity index (χ0n) is 16.2. The van der Waals surface area contributed by atoms with E-state index in [2.05, 4.69) is 0 Å². The fourth-order valence-corrected chi connectivity index (χ4v) is 4.60. The molecule has 10 heteroatoms. The van der Waals surface area contributed by atoms with E-state index in [9.17, 15) is 23.1 Å². The van der Waals surface area contributed by atoms with E-state index in [1.165, 1.54) is 27.4 Å². The van der Waals surface area contributed by atoms with Crippen molar-refractivity contribution < 1.29 is 27.9 Å². The van der Waals surface area contributed by atoms with E-state index in [-0.39, 0.29) is 47.4 Å². The Hall–Kier alpha value is -2.62. The van der Waals surface area contributed by atoms with Crippen molar-refractivity contribution in [2.45, 2.75) is 11.8 Å². The first-order valence-corrected chi connectivity index (χ1v) is 11.0. The summed E-state index contributed by atoms with van der Waals surface area (Å²) in [5, 5.41) is 9.96. The number of rotatable bonds is 5. The standard InChI is InChI=1S/C20H21ClN2O6S/c1-14-2-5-16(6-3-14)30(27,28)23-10-8-22(9-11-23)19(25)13-29-20(26)17-12-15(21)4-7-18(17)24/h2-7,12,24H,8-11,13H2,1H3. The maximum absolute atomic E-state index is 12.7. The van der Waals surface area contributed by atoms with E-state index in [1.54, 1.807) is 24.3 Å². The van der Waals surface area contributed by atoms with Crippen LogP contribution in [0.15, 0.2) is 47.4 Å². The van der Waals surface area contributed by atoms with Gasteiger partial charge in [-0.3, -0.25) is 4.79 Å². The highest BCUT2D eigenvalue weighted by Crippen LogP contribution is 2.22. The molecule has 0 bridgehead atoms. The normalized spacial score (nSPS) is 15.1. The Bertz CT molecular complexity index is 1050. The number of esters is 1. The van der Waals surface area contributed by atoms with Crippen LogP contribution in [0, 0.1) is 6.92 Å². The molecule has 2 aromatic rings. The summed E-state index contributed by atoms with van der Waals surface area (Å²) in [6, 6.07) is 10.5. The lowest BCUT2D eigenvalue weighted by atomic mass is 10.2. The average Bonchev–Trinajstić information content (AvgIpc) is 2.74. The van der Waals surface area contributed by atoms with Crippen LogP contribution >= 0.6 is 11.6 Å². The number of aryl methyl sites for hydroxylation is 1. The predicted octanol–water partition coefficient (Wildman–Crippen LogP) is 2.04. The van der Waals surface area contributed by atoms with Crippen molar-refractivity contribution in [3.8, 4) is 5.75 Å². The van der Waals surface area contributed by atoms with E-state index in [1.807, 2.05) is 6.92 Å². The first-order chi connectivity index (χ1) is 14.2. The first kappa shape index (κ1) is 22.1. The van der Waals surface area contributed by atoms with Crippen molar-refractivity contribution in [1.29, 1.82) is 0 Å². The van der Waals surface area contributed by atoms with Crippen molar-refractivity contribution in [3.05, 3.63) is 58.6 Å². The number of piperazine rings is 1. The highest BCUT2D eigenvalue weighted by molar-refractivity contribution is 7.89. The van der Waals surface area contributed by atoms with Gasteiger partial charge in [0.1, 0.15) is 11.3 Å². The van der Waals surface area contributed by atoms with E-state index in [0.717, 1.165) is 5.56 Å². The van der Waals surface area contributed by atoms with E-state index < -0.39 is 28.5 Å². The molecule has 1 N–H and O–H groups in total. The van der Waals surface area contributed by atoms with Gasteiger partial charge in [-0.2, -0.15) is 4.31 Å². The van der Waals surface area contributed by atoms with Crippen LogP contribution in [-0.4, -0.2) is 67.4 Å².